The van der Waals surface area contributed by atoms with E-state index in [2.05, 4.69) is 0 Å². The van der Waals surface area contributed by atoms with Crippen LogP contribution in [0.5, 0.6) is 0 Å². The van der Waals surface area contributed by atoms with Crippen LogP contribution >= 0.6 is 23.2 Å². The van der Waals surface area contributed by atoms with Gasteiger partial charge in [0, 0.05) is 16.0 Å². The SMILES string of the molecule is N#C[C@]1(CO)[C@@H](c2ccc(Cl)cc2)[C@@H]1S(=O)(=O)c1ccc(Cl)cc1. The van der Waals surface area contributed by atoms with Gasteiger partial charge in [0.25, 0.3) is 0 Å². The fourth-order valence-electron chi connectivity index (χ4n) is 3.13. The van der Waals surface area contributed by atoms with E-state index < -0.39 is 33.0 Å². The lowest BCUT2D eigenvalue weighted by molar-refractivity contribution is 0.242. The lowest BCUT2D eigenvalue weighted by Crippen LogP contribution is -2.18. The van der Waals surface area contributed by atoms with E-state index in [9.17, 15) is 18.8 Å². The summed E-state index contributed by atoms with van der Waals surface area (Å²) in [4.78, 5) is 0.0847. The Morgan fingerprint density at radius 2 is 1.54 bits per heavy atom. The summed E-state index contributed by atoms with van der Waals surface area (Å²) in [5.41, 5.74) is -0.690. The summed E-state index contributed by atoms with van der Waals surface area (Å²) in [7, 11) is -3.80. The zero-order chi connectivity index (χ0) is 17.5. The maximum absolute atomic E-state index is 13.0. The van der Waals surface area contributed by atoms with Gasteiger partial charge in [0.05, 0.1) is 22.8 Å². The highest BCUT2D eigenvalue weighted by molar-refractivity contribution is 7.92. The van der Waals surface area contributed by atoms with E-state index in [1.165, 1.54) is 24.3 Å². The molecular formula is C17H13Cl2NO3S. The monoisotopic (exact) mass is 381 g/mol. The lowest BCUT2D eigenvalue weighted by Gasteiger charge is -2.06. The van der Waals surface area contributed by atoms with Crippen LogP contribution in [0.4, 0.5) is 0 Å². The van der Waals surface area contributed by atoms with Gasteiger partial charge in [-0.15, -0.1) is 0 Å². The molecule has 2 aromatic rings. The van der Waals surface area contributed by atoms with Crippen LogP contribution in [0.1, 0.15) is 11.5 Å². The molecule has 1 N–H and O–H groups in total. The van der Waals surface area contributed by atoms with E-state index >= 15 is 0 Å². The molecule has 1 aliphatic carbocycles. The smallest absolute Gasteiger partial charge is 0.183 e. The molecule has 0 amide bonds. The van der Waals surface area contributed by atoms with Crippen molar-refractivity contribution in [1.29, 1.82) is 5.26 Å². The van der Waals surface area contributed by atoms with Crippen molar-refractivity contribution in [2.75, 3.05) is 6.61 Å². The summed E-state index contributed by atoms with van der Waals surface area (Å²) in [5.74, 6) is -0.606. The van der Waals surface area contributed by atoms with Crippen molar-refractivity contribution < 1.29 is 13.5 Å². The number of aliphatic hydroxyl groups is 1. The Bertz CT molecular complexity index is 904. The Morgan fingerprint density at radius 3 is 2.00 bits per heavy atom. The third-order valence-corrected chi connectivity index (χ3v) is 7.23. The highest BCUT2D eigenvalue weighted by Crippen LogP contribution is 2.63. The average molecular weight is 382 g/mol. The van der Waals surface area contributed by atoms with Crippen LogP contribution in [0.2, 0.25) is 10.0 Å². The van der Waals surface area contributed by atoms with Gasteiger partial charge < -0.3 is 5.11 Å². The van der Waals surface area contributed by atoms with E-state index in [-0.39, 0.29) is 4.90 Å². The van der Waals surface area contributed by atoms with Gasteiger partial charge in [-0.1, -0.05) is 35.3 Å². The lowest BCUT2D eigenvalue weighted by atomic mass is 10.0. The summed E-state index contributed by atoms with van der Waals surface area (Å²) in [6, 6.07) is 14.5. The van der Waals surface area contributed by atoms with Crippen LogP contribution in [0.3, 0.4) is 0 Å². The highest BCUT2D eigenvalue weighted by atomic mass is 35.5. The van der Waals surface area contributed by atoms with Gasteiger partial charge >= 0.3 is 0 Å². The number of hydrogen-bond donors (Lipinski definition) is 1. The highest BCUT2D eigenvalue weighted by Gasteiger charge is 2.72. The van der Waals surface area contributed by atoms with E-state index in [0.717, 1.165) is 0 Å². The fourth-order valence-corrected chi connectivity index (χ4v) is 5.70. The van der Waals surface area contributed by atoms with Crippen LogP contribution < -0.4 is 0 Å². The van der Waals surface area contributed by atoms with Gasteiger partial charge in [-0.25, -0.2) is 8.42 Å². The zero-order valence-corrected chi connectivity index (χ0v) is 14.7. The Balaban J connectivity index is 2.06. The van der Waals surface area contributed by atoms with E-state index in [0.29, 0.717) is 15.6 Å². The number of nitriles is 1. The Morgan fingerprint density at radius 1 is 1.04 bits per heavy atom. The molecule has 0 aromatic heterocycles. The minimum atomic E-state index is -3.80. The molecule has 0 aliphatic heterocycles. The van der Waals surface area contributed by atoms with Crippen LogP contribution in [0.25, 0.3) is 0 Å². The minimum absolute atomic E-state index is 0.0847. The second kappa shape index (κ2) is 6.05. The Labute approximate surface area is 150 Å². The quantitative estimate of drug-likeness (QED) is 0.879. The zero-order valence-electron chi connectivity index (χ0n) is 12.4. The van der Waals surface area contributed by atoms with Crippen molar-refractivity contribution in [2.45, 2.75) is 16.1 Å². The molecule has 7 heteroatoms. The number of aliphatic hydroxyl groups excluding tert-OH is 1. The molecule has 1 saturated carbocycles. The molecule has 2 aromatic carbocycles. The summed E-state index contributed by atoms with van der Waals surface area (Å²) in [6.07, 6.45) is 0. The van der Waals surface area contributed by atoms with Crippen molar-refractivity contribution in [1.82, 2.24) is 0 Å². The molecule has 1 aliphatic rings. The molecule has 124 valence electrons. The molecule has 3 atom stereocenters. The van der Waals surface area contributed by atoms with Gasteiger partial charge in [-0.2, -0.15) is 5.26 Å². The third-order valence-electron chi connectivity index (χ3n) is 4.43. The second-order valence-corrected chi connectivity index (χ2v) is 8.70. The van der Waals surface area contributed by atoms with Gasteiger partial charge in [-0.3, -0.25) is 0 Å². The molecular weight excluding hydrogens is 369 g/mol. The largest absolute Gasteiger partial charge is 0.395 e. The third kappa shape index (κ3) is 2.60. The van der Waals surface area contributed by atoms with Crippen LogP contribution in [0, 0.1) is 16.7 Å². The number of benzene rings is 2. The maximum atomic E-state index is 13.0. The molecule has 0 spiro atoms. The minimum Gasteiger partial charge on any atom is -0.395 e. The molecule has 0 radical (unpaired) electrons. The van der Waals surface area contributed by atoms with Crippen LogP contribution in [0.15, 0.2) is 53.4 Å². The summed E-state index contributed by atoms with van der Waals surface area (Å²) < 4.78 is 25.9. The summed E-state index contributed by atoms with van der Waals surface area (Å²) >= 11 is 11.7. The molecule has 1 fully saturated rings. The van der Waals surface area contributed by atoms with E-state index in [4.69, 9.17) is 23.2 Å². The number of hydrogen-bond acceptors (Lipinski definition) is 4. The van der Waals surface area contributed by atoms with Crippen molar-refractivity contribution in [3.05, 3.63) is 64.1 Å². The van der Waals surface area contributed by atoms with Crippen LogP contribution in [-0.4, -0.2) is 25.4 Å². The normalized spacial score (nSPS) is 25.9. The first-order chi connectivity index (χ1) is 11.4. The van der Waals surface area contributed by atoms with Gasteiger partial charge in [-0.05, 0) is 42.0 Å². The molecule has 0 unspecified atom stereocenters. The van der Waals surface area contributed by atoms with E-state index in [1.54, 1.807) is 24.3 Å². The standard InChI is InChI=1S/C17H13Cl2NO3S/c18-12-3-1-11(2-4-12)15-16(17(15,9-20)10-21)24(22,23)14-7-5-13(19)6-8-14/h1-8,15-16,21H,10H2/t15-,16-,17-/m0/s1. The predicted octanol–water partition coefficient (Wildman–Crippen LogP) is 3.44. The van der Waals surface area contributed by atoms with Crippen molar-refractivity contribution >= 4 is 33.0 Å². The topological polar surface area (TPSA) is 78.2 Å². The number of halogens is 2. The second-order valence-electron chi connectivity index (χ2n) is 5.76. The molecule has 3 rings (SSSR count). The number of rotatable bonds is 4. The summed E-state index contributed by atoms with van der Waals surface area (Å²) in [6.45, 7) is -0.533. The van der Waals surface area contributed by atoms with Gasteiger partial charge in [0.15, 0.2) is 9.84 Å². The summed E-state index contributed by atoms with van der Waals surface area (Å²) in [5, 5.41) is 19.2. The number of sulfone groups is 1. The maximum Gasteiger partial charge on any atom is 0.183 e. The Kier molecular flexibility index (Phi) is 4.35. The Hall–Kier alpha value is -1.58. The molecule has 4 nitrogen and oxygen atoms in total. The van der Waals surface area contributed by atoms with Crippen LogP contribution in [-0.2, 0) is 9.84 Å². The van der Waals surface area contributed by atoms with Crippen molar-refractivity contribution in [2.24, 2.45) is 5.41 Å². The molecule has 24 heavy (non-hydrogen) atoms. The van der Waals surface area contributed by atoms with E-state index in [1.807, 2.05) is 6.07 Å². The molecule has 0 saturated heterocycles. The van der Waals surface area contributed by atoms with Crippen molar-refractivity contribution in [3.63, 3.8) is 0 Å². The average Bonchev–Trinajstić information content (AvgIpc) is 3.26. The first kappa shape index (κ1) is 17.2. The molecule has 0 bridgehead atoms. The molecule has 0 heterocycles. The van der Waals surface area contributed by atoms with Gasteiger partial charge in [0.1, 0.15) is 5.41 Å². The predicted molar refractivity (Wildman–Crippen MR) is 91.8 cm³/mol. The fraction of sp³-hybridized carbons (Fsp3) is 0.235. The first-order valence-corrected chi connectivity index (χ1v) is 9.44. The number of nitrogens with zero attached hydrogens (tertiary/aromatic N) is 1. The van der Waals surface area contributed by atoms with Crippen molar-refractivity contribution in [3.8, 4) is 6.07 Å². The van der Waals surface area contributed by atoms with Gasteiger partial charge in [0.2, 0.25) is 0 Å². The first-order valence-electron chi connectivity index (χ1n) is 7.14.